The van der Waals surface area contributed by atoms with Gasteiger partial charge in [0.25, 0.3) is 0 Å². The lowest BCUT2D eigenvalue weighted by atomic mass is 10.0. The largest absolute Gasteiger partial charge is 0.361 e. The van der Waals surface area contributed by atoms with E-state index in [9.17, 15) is 9.18 Å². The van der Waals surface area contributed by atoms with Gasteiger partial charge >= 0.3 is 0 Å². The second-order valence-electron chi connectivity index (χ2n) is 6.61. The van der Waals surface area contributed by atoms with Gasteiger partial charge < -0.3 is 14.7 Å². The van der Waals surface area contributed by atoms with Gasteiger partial charge in [-0.05, 0) is 25.0 Å². The molecule has 1 aliphatic heterocycles. The molecule has 0 unspecified atom stereocenters. The first-order valence-corrected chi connectivity index (χ1v) is 8.81. The van der Waals surface area contributed by atoms with E-state index in [-0.39, 0.29) is 30.0 Å². The maximum atomic E-state index is 13.3. The second-order valence-corrected chi connectivity index (χ2v) is 6.61. The van der Waals surface area contributed by atoms with Crippen LogP contribution in [0.25, 0.3) is 11.3 Å². The molecule has 3 rings (SSSR count). The van der Waals surface area contributed by atoms with Gasteiger partial charge in [-0.15, -0.1) is 12.4 Å². The molecule has 5 nitrogen and oxygen atoms in total. The van der Waals surface area contributed by atoms with Crippen molar-refractivity contribution in [1.29, 1.82) is 0 Å². The maximum Gasteiger partial charge on any atom is 0.227 e. The standard InChI is InChI=1S/C19H24FN3O2.ClH/c1-23(19(24)15-12-21-13-15)9-4-2-3-8-17-11-18(22-25-17)14-6-5-7-16(20)10-14;/h5-7,10-11,15,21H,2-4,8-9,12-13H2,1H3;1H. The molecule has 0 saturated carbocycles. The van der Waals surface area contributed by atoms with Crippen molar-refractivity contribution in [3.05, 3.63) is 41.9 Å². The fourth-order valence-electron chi connectivity index (χ4n) is 2.92. The molecule has 0 radical (unpaired) electrons. The number of hydrogen-bond donors (Lipinski definition) is 1. The van der Waals surface area contributed by atoms with Crippen molar-refractivity contribution in [2.24, 2.45) is 5.92 Å². The van der Waals surface area contributed by atoms with Crippen molar-refractivity contribution in [3.63, 3.8) is 0 Å². The number of carbonyl (C=O) groups is 1. The molecular formula is C19H25ClFN3O2. The molecule has 1 aliphatic rings. The predicted molar refractivity (Wildman–Crippen MR) is 101 cm³/mol. The minimum absolute atomic E-state index is 0. The van der Waals surface area contributed by atoms with Crippen molar-refractivity contribution < 1.29 is 13.7 Å². The Balaban J connectivity index is 0.00000243. The van der Waals surface area contributed by atoms with E-state index in [0.29, 0.717) is 5.69 Å². The highest BCUT2D eigenvalue weighted by Gasteiger charge is 2.27. The molecule has 0 spiro atoms. The molecule has 1 N–H and O–H groups in total. The molecule has 1 saturated heterocycles. The van der Waals surface area contributed by atoms with E-state index < -0.39 is 0 Å². The number of nitrogens with one attached hydrogen (secondary N) is 1. The lowest BCUT2D eigenvalue weighted by molar-refractivity contribution is -0.135. The van der Waals surface area contributed by atoms with Crippen LogP contribution in [0.5, 0.6) is 0 Å². The molecule has 0 aliphatic carbocycles. The first-order chi connectivity index (χ1) is 12.1. The lowest BCUT2D eigenvalue weighted by Crippen LogP contribution is -2.51. The number of aromatic nitrogens is 1. The molecular weight excluding hydrogens is 357 g/mol. The summed E-state index contributed by atoms with van der Waals surface area (Å²) in [6.07, 6.45) is 3.78. The number of carbonyl (C=O) groups excluding carboxylic acids is 1. The SMILES string of the molecule is CN(CCCCCc1cc(-c2cccc(F)c2)no1)C(=O)C1CNC1.Cl. The first-order valence-electron chi connectivity index (χ1n) is 8.81. The summed E-state index contributed by atoms with van der Waals surface area (Å²) in [5, 5.41) is 7.14. The van der Waals surface area contributed by atoms with E-state index in [4.69, 9.17) is 4.52 Å². The van der Waals surface area contributed by atoms with Crippen LogP contribution in [0.1, 0.15) is 25.0 Å². The Morgan fingerprint density at radius 3 is 2.81 bits per heavy atom. The van der Waals surface area contributed by atoms with Gasteiger partial charge in [0.05, 0.1) is 5.92 Å². The summed E-state index contributed by atoms with van der Waals surface area (Å²) in [6.45, 7) is 2.41. The average Bonchev–Trinajstić information content (AvgIpc) is 3.01. The molecule has 142 valence electrons. The monoisotopic (exact) mass is 381 g/mol. The van der Waals surface area contributed by atoms with E-state index in [1.807, 2.05) is 24.1 Å². The van der Waals surface area contributed by atoms with Crippen LogP contribution in [0.2, 0.25) is 0 Å². The normalized spacial score (nSPS) is 13.8. The smallest absolute Gasteiger partial charge is 0.227 e. The summed E-state index contributed by atoms with van der Waals surface area (Å²) in [7, 11) is 1.88. The van der Waals surface area contributed by atoms with Gasteiger partial charge in [0, 0.05) is 44.7 Å². The Hall–Kier alpha value is -1.92. The Morgan fingerprint density at radius 2 is 2.12 bits per heavy atom. The predicted octanol–water partition coefficient (Wildman–Crippen LogP) is 3.29. The second kappa shape index (κ2) is 9.69. The molecule has 26 heavy (non-hydrogen) atoms. The summed E-state index contributed by atoms with van der Waals surface area (Å²) in [6, 6.07) is 8.21. The fourth-order valence-corrected chi connectivity index (χ4v) is 2.92. The quantitative estimate of drug-likeness (QED) is 0.713. The molecule has 1 aromatic heterocycles. The molecule has 0 atom stereocenters. The Labute approximate surface area is 159 Å². The van der Waals surface area contributed by atoms with Gasteiger partial charge in [-0.2, -0.15) is 0 Å². The number of amides is 1. The number of halogens is 2. The Bertz CT molecular complexity index is 718. The van der Waals surface area contributed by atoms with E-state index >= 15 is 0 Å². The number of benzene rings is 1. The maximum absolute atomic E-state index is 13.3. The minimum Gasteiger partial charge on any atom is -0.361 e. The van der Waals surface area contributed by atoms with E-state index in [1.165, 1.54) is 12.1 Å². The van der Waals surface area contributed by atoms with Crippen LogP contribution < -0.4 is 5.32 Å². The van der Waals surface area contributed by atoms with Crippen LogP contribution in [-0.2, 0) is 11.2 Å². The first kappa shape index (κ1) is 20.4. The minimum atomic E-state index is -0.279. The number of rotatable bonds is 8. The van der Waals surface area contributed by atoms with Crippen LogP contribution in [0.3, 0.4) is 0 Å². The summed E-state index contributed by atoms with van der Waals surface area (Å²) >= 11 is 0. The summed E-state index contributed by atoms with van der Waals surface area (Å²) in [4.78, 5) is 13.8. The van der Waals surface area contributed by atoms with Crippen LogP contribution in [0, 0.1) is 11.7 Å². The molecule has 2 aromatic rings. The highest BCUT2D eigenvalue weighted by molar-refractivity contribution is 5.85. The highest BCUT2D eigenvalue weighted by Crippen LogP contribution is 2.21. The third kappa shape index (κ3) is 5.29. The number of nitrogens with zero attached hydrogens (tertiary/aromatic N) is 2. The molecule has 7 heteroatoms. The number of aryl methyl sites for hydroxylation is 1. The van der Waals surface area contributed by atoms with Gasteiger partial charge in [-0.1, -0.05) is 23.7 Å². The molecule has 1 fully saturated rings. The summed E-state index contributed by atoms with van der Waals surface area (Å²) < 4.78 is 18.6. The highest BCUT2D eigenvalue weighted by atomic mass is 35.5. The Morgan fingerprint density at radius 1 is 1.31 bits per heavy atom. The van der Waals surface area contributed by atoms with Crippen LogP contribution in [0.15, 0.2) is 34.9 Å². The Kier molecular flexibility index (Phi) is 7.60. The van der Waals surface area contributed by atoms with E-state index in [2.05, 4.69) is 10.5 Å². The molecule has 1 aromatic carbocycles. The van der Waals surface area contributed by atoms with Gasteiger partial charge in [0.1, 0.15) is 17.3 Å². The molecule has 2 heterocycles. The van der Waals surface area contributed by atoms with Gasteiger partial charge in [-0.3, -0.25) is 4.79 Å². The lowest BCUT2D eigenvalue weighted by Gasteiger charge is -2.30. The molecule has 0 bridgehead atoms. The van der Waals surface area contributed by atoms with Crippen LogP contribution >= 0.6 is 12.4 Å². The van der Waals surface area contributed by atoms with Crippen molar-refractivity contribution in [2.75, 3.05) is 26.7 Å². The van der Waals surface area contributed by atoms with Crippen LogP contribution in [-0.4, -0.2) is 42.6 Å². The topological polar surface area (TPSA) is 58.4 Å². The molecule has 1 amide bonds. The number of unbranched alkanes of at least 4 members (excludes halogenated alkanes) is 2. The summed E-state index contributed by atoms with van der Waals surface area (Å²) in [5.74, 6) is 0.941. The van der Waals surface area contributed by atoms with Crippen molar-refractivity contribution in [2.45, 2.75) is 25.7 Å². The number of hydrogen-bond acceptors (Lipinski definition) is 4. The van der Waals surface area contributed by atoms with Gasteiger partial charge in [-0.25, -0.2) is 4.39 Å². The van der Waals surface area contributed by atoms with E-state index in [1.54, 1.807) is 6.07 Å². The van der Waals surface area contributed by atoms with Gasteiger partial charge in [0.2, 0.25) is 5.91 Å². The fraction of sp³-hybridized carbons (Fsp3) is 0.474. The van der Waals surface area contributed by atoms with Crippen molar-refractivity contribution >= 4 is 18.3 Å². The third-order valence-corrected chi connectivity index (χ3v) is 4.60. The van der Waals surface area contributed by atoms with Crippen molar-refractivity contribution in [3.8, 4) is 11.3 Å². The zero-order valence-corrected chi connectivity index (χ0v) is 15.7. The average molecular weight is 382 g/mol. The van der Waals surface area contributed by atoms with Gasteiger partial charge in [0.15, 0.2) is 0 Å². The zero-order chi connectivity index (χ0) is 17.6. The van der Waals surface area contributed by atoms with Crippen LogP contribution in [0.4, 0.5) is 4.39 Å². The summed E-state index contributed by atoms with van der Waals surface area (Å²) in [5.41, 5.74) is 1.38. The van der Waals surface area contributed by atoms with Crippen molar-refractivity contribution in [1.82, 2.24) is 15.4 Å². The third-order valence-electron chi connectivity index (χ3n) is 4.60. The van der Waals surface area contributed by atoms with E-state index in [0.717, 1.165) is 56.6 Å². The zero-order valence-electron chi connectivity index (χ0n) is 14.9.